The first-order valence-corrected chi connectivity index (χ1v) is 12.9. The van der Waals surface area contributed by atoms with Gasteiger partial charge in [-0.15, -0.1) is 11.3 Å². The number of hydrogen-bond donors (Lipinski definition) is 0. The second-order valence-electron chi connectivity index (χ2n) is 9.01. The van der Waals surface area contributed by atoms with Gasteiger partial charge in [0, 0.05) is 37.5 Å². The van der Waals surface area contributed by atoms with E-state index in [0.717, 1.165) is 61.5 Å². The molecule has 1 aliphatic carbocycles. The Morgan fingerprint density at radius 1 is 1.03 bits per heavy atom. The van der Waals surface area contributed by atoms with Gasteiger partial charge in [-0.1, -0.05) is 25.1 Å². The molecule has 3 heterocycles. The van der Waals surface area contributed by atoms with Crippen molar-refractivity contribution in [3.8, 4) is 0 Å². The van der Waals surface area contributed by atoms with Gasteiger partial charge in [0.1, 0.15) is 17.0 Å². The Kier molecular flexibility index (Phi) is 6.39. The summed E-state index contributed by atoms with van der Waals surface area (Å²) in [6.45, 7) is 5.38. The summed E-state index contributed by atoms with van der Waals surface area (Å²) < 4.78 is 0. The van der Waals surface area contributed by atoms with E-state index in [2.05, 4.69) is 46.1 Å². The average molecular weight is 449 g/mol. The molecule has 0 N–H and O–H groups in total. The molecule has 2 aromatic heterocycles. The highest BCUT2D eigenvalue weighted by Crippen LogP contribution is 2.31. The Balaban J connectivity index is 1.13. The van der Waals surface area contributed by atoms with E-state index < -0.39 is 0 Å². The Morgan fingerprint density at radius 2 is 1.84 bits per heavy atom. The van der Waals surface area contributed by atoms with Crippen LogP contribution in [0.25, 0.3) is 10.2 Å². The van der Waals surface area contributed by atoms with Crippen molar-refractivity contribution < 1.29 is 4.79 Å². The highest BCUT2D eigenvalue weighted by Gasteiger charge is 2.23. The molecule has 1 amide bonds. The predicted octanol–water partition coefficient (Wildman–Crippen LogP) is 4.80. The Labute approximate surface area is 194 Å². The standard InChI is InChI=1S/C26H32N4OS/c1-2-22-17-23-25(27-18-28-26(23)32-22)30-14-12-29(13-15-30)24(31)9-5-6-19-10-11-20-7-3-4-8-21(20)16-19/h10-11,16-18H,2-9,12-15H2,1H3. The van der Waals surface area contributed by atoms with Gasteiger partial charge in [-0.05, 0) is 67.7 Å². The number of carbonyl (C=O) groups excluding carboxylic acids is 1. The van der Waals surface area contributed by atoms with Gasteiger partial charge in [0.2, 0.25) is 5.91 Å². The lowest BCUT2D eigenvalue weighted by Gasteiger charge is -2.35. The van der Waals surface area contributed by atoms with Crippen LogP contribution in [-0.4, -0.2) is 47.0 Å². The molecule has 0 saturated carbocycles. The van der Waals surface area contributed by atoms with Gasteiger partial charge in [0.25, 0.3) is 0 Å². The number of rotatable bonds is 6. The van der Waals surface area contributed by atoms with Crippen molar-refractivity contribution in [3.63, 3.8) is 0 Å². The van der Waals surface area contributed by atoms with Crippen molar-refractivity contribution in [1.82, 2.24) is 14.9 Å². The van der Waals surface area contributed by atoms with Crippen molar-refractivity contribution in [2.45, 2.75) is 58.3 Å². The number of aromatic nitrogens is 2. The van der Waals surface area contributed by atoms with Crippen LogP contribution >= 0.6 is 11.3 Å². The predicted molar refractivity (Wildman–Crippen MR) is 132 cm³/mol. The molecule has 1 fully saturated rings. The highest BCUT2D eigenvalue weighted by molar-refractivity contribution is 7.18. The largest absolute Gasteiger partial charge is 0.352 e. The number of nitrogens with zero attached hydrogens (tertiary/aromatic N) is 4. The van der Waals surface area contributed by atoms with E-state index in [9.17, 15) is 4.79 Å². The molecule has 168 valence electrons. The molecule has 1 saturated heterocycles. The van der Waals surface area contributed by atoms with Crippen LogP contribution in [0.2, 0.25) is 0 Å². The second kappa shape index (κ2) is 9.57. The van der Waals surface area contributed by atoms with E-state index >= 15 is 0 Å². The Hall–Kier alpha value is -2.47. The van der Waals surface area contributed by atoms with E-state index in [0.29, 0.717) is 12.3 Å². The van der Waals surface area contributed by atoms with Crippen molar-refractivity contribution in [2.75, 3.05) is 31.1 Å². The molecule has 0 radical (unpaired) electrons. The van der Waals surface area contributed by atoms with E-state index in [1.807, 2.05) is 4.90 Å². The highest BCUT2D eigenvalue weighted by atomic mass is 32.1. The van der Waals surface area contributed by atoms with Gasteiger partial charge < -0.3 is 9.80 Å². The second-order valence-corrected chi connectivity index (χ2v) is 10.1. The lowest BCUT2D eigenvalue weighted by Crippen LogP contribution is -2.49. The van der Waals surface area contributed by atoms with Crippen molar-refractivity contribution >= 4 is 33.3 Å². The van der Waals surface area contributed by atoms with Crippen molar-refractivity contribution in [2.24, 2.45) is 0 Å². The molecule has 0 atom stereocenters. The third kappa shape index (κ3) is 4.51. The summed E-state index contributed by atoms with van der Waals surface area (Å²) in [5, 5.41) is 1.15. The van der Waals surface area contributed by atoms with Crippen LogP contribution < -0.4 is 4.90 Å². The Morgan fingerprint density at radius 3 is 2.66 bits per heavy atom. The van der Waals surface area contributed by atoms with Crippen LogP contribution in [0.1, 0.15) is 54.2 Å². The lowest BCUT2D eigenvalue weighted by molar-refractivity contribution is -0.131. The van der Waals surface area contributed by atoms with Crippen LogP contribution in [0.3, 0.4) is 0 Å². The molecule has 1 aromatic carbocycles. The van der Waals surface area contributed by atoms with Gasteiger partial charge in [-0.2, -0.15) is 0 Å². The maximum Gasteiger partial charge on any atom is 0.222 e. The topological polar surface area (TPSA) is 49.3 Å². The first-order chi connectivity index (χ1) is 15.7. The van der Waals surface area contributed by atoms with Crippen LogP contribution in [0, 0.1) is 0 Å². The smallest absolute Gasteiger partial charge is 0.222 e. The molecule has 0 bridgehead atoms. The minimum atomic E-state index is 0.291. The van der Waals surface area contributed by atoms with Crippen LogP contribution in [0.4, 0.5) is 5.82 Å². The minimum absolute atomic E-state index is 0.291. The van der Waals surface area contributed by atoms with Crippen molar-refractivity contribution in [1.29, 1.82) is 0 Å². The molecular formula is C26H32N4OS. The number of aryl methyl sites for hydroxylation is 4. The maximum absolute atomic E-state index is 12.8. The van der Waals surface area contributed by atoms with Gasteiger partial charge in [0.15, 0.2) is 0 Å². The van der Waals surface area contributed by atoms with E-state index in [4.69, 9.17) is 0 Å². The molecule has 1 aliphatic heterocycles. The van der Waals surface area contributed by atoms with Crippen molar-refractivity contribution in [3.05, 3.63) is 52.2 Å². The molecule has 6 heteroatoms. The summed E-state index contributed by atoms with van der Waals surface area (Å²) in [6, 6.07) is 9.19. The summed E-state index contributed by atoms with van der Waals surface area (Å²) in [7, 11) is 0. The monoisotopic (exact) mass is 448 g/mol. The number of anilines is 1. The molecule has 2 aliphatic rings. The summed E-state index contributed by atoms with van der Waals surface area (Å²) in [5.74, 6) is 1.31. The minimum Gasteiger partial charge on any atom is -0.352 e. The number of hydrogen-bond acceptors (Lipinski definition) is 5. The Bertz CT molecular complexity index is 1100. The molecule has 32 heavy (non-hydrogen) atoms. The fourth-order valence-corrected chi connectivity index (χ4v) is 5.96. The van der Waals surface area contributed by atoms with E-state index in [1.54, 1.807) is 17.7 Å². The first-order valence-electron chi connectivity index (χ1n) is 12.1. The fraction of sp³-hybridized carbons (Fsp3) is 0.500. The summed E-state index contributed by atoms with van der Waals surface area (Å²) in [6.07, 6.45) is 10.3. The molecule has 5 nitrogen and oxygen atoms in total. The average Bonchev–Trinajstić information content (AvgIpc) is 3.28. The zero-order chi connectivity index (χ0) is 21.9. The first kappa shape index (κ1) is 21.4. The van der Waals surface area contributed by atoms with Gasteiger partial charge in [-0.3, -0.25) is 4.79 Å². The van der Waals surface area contributed by atoms with E-state index in [-0.39, 0.29) is 0 Å². The summed E-state index contributed by atoms with van der Waals surface area (Å²) >= 11 is 1.75. The number of thiophene rings is 1. The number of amides is 1. The SMILES string of the molecule is CCc1cc2c(N3CCN(C(=O)CCCc4ccc5c(c4)CCCC5)CC3)ncnc2s1. The van der Waals surface area contributed by atoms with Gasteiger partial charge in [0.05, 0.1) is 5.39 Å². The normalized spacial score (nSPS) is 16.4. The molecule has 5 rings (SSSR count). The summed E-state index contributed by atoms with van der Waals surface area (Å²) in [4.78, 5) is 28.6. The number of carbonyl (C=O) groups is 1. The van der Waals surface area contributed by atoms with E-state index in [1.165, 1.54) is 47.3 Å². The van der Waals surface area contributed by atoms with Crippen LogP contribution in [0.5, 0.6) is 0 Å². The molecule has 3 aromatic rings. The molecular weight excluding hydrogens is 416 g/mol. The van der Waals surface area contributed by atoms with Gasteiger partial charge in [-0.25, -0.2) is 9.97 Å². The fourth-order valence-electron chi connectivity index (χ4n) is 5.03. The molecule has 0 spiro atoms. The zero-order valence-electron chi connectivity index (χ0n) is 19.0. The number of benzene rings is 1. The quantitative estimate of drug-likeness (QED) is 0.543. The van der Waals surface area contributed by atoms with Gasteiger partial charge >= 0.3 is 0 Å². The van der Waals surface area contributed by atoms with Crippen LogP contribution in [0.15, 0.2) is 30.6 Å². The summed E-state index contributed by atoms with van der Waals surface area (Å²) in [5.41, 5.74) is 4.45. The third-order valence-corrected chi connectivity index (χ3v) is 8.10. The zero-order valence-corrected chi connectivity index (χ0v) is 19.8. The number of piperazine rings is 1. The molecule has 0 unspecified atom stereocenters. The number of fused-ring (bicyclic) bond motifs is 2. The third-order valence-electron chi connectivity index (χ3n) is 6.91. The maximum atomic E-state index is 12.8. The van der Waals surface area contributed by atoms with Crippen LogP contribution in [-0.2, 0) is 30.5 Å². The lowest BCUT2D eigenvalue weighted by atomic mass is 9.89.